The van der Waals surface area contributed by atoms with Crippen LogP contribution in [0.1, 0.15) is 16.7 Å². The summed E-state index contributed by atoms with van der Waals surface area (Å²) in [5, 5.41) is 18.2. The zero-order valence-electron chi connectivity index (χ0n) is 14.7. The quantitative estimate of drug-likeness (QED) is 0.539. The van der Waals surface area contributed by atoms with Crippen LogP contribution in [0, 0.1) is 12.7 Å². The van der Waals surface area contributed by atoms with Crippen LogP contribution in [0.3, 0.4) is 0 Å². The van der Waals surface area contributed by atoms with Crippen molar-refractivity contribution >= 4 is 11.9 Å². The van der Waals surface area contributed by atoms with Crippen molar-refractivity contribution in [3.05, 3.63) is 65.0 Å². The maximum atomic E-state index is 12.8. The summed E-state index contributed by atoms with van der Waals surface area (Å²) in [6.07, 6.45) is 0.898. The Balaban J connectivity index is 0.000000487. The first-order valence-electron chi connectivity index (χ1n) is 7.88. The second kappa shape index (κ2) is 10.8. The third kappa shape index (κ3) is 7.76. The van der Waals surface area contributed by atoms with Crippen molar-refractivity contribution in [2.24, 2.45) is 0 Å². The molecule has 0 atom stereocenters. The Kier molecular flexibility index (Phi) is 8.80. The molecular weight excluding hydrogens is 341 g/mol. The van der Waals surface area contributed by atoms with Gasteiger partial charge < -0.3 is 20.3 Å². The van der Waals surface area contributed by atoms with Crippen LogP contribution in [-0.4, -0.2) is 35.8 Å². The van der Waals surface area contributed by atoms with Crippen LogP contribution in [0.4, 0.5) is 4.39 Å². The zero-order valence-corrected chi connectivity index (χ0v) is 14.7. The largest absolute Gasteiger partial charge is 0.496 e. The average molecular weight is 363 g/mol. The number of hydrogen-bond acceptors (Lipinski definition) is 4. The van der Waals surface area contributed by atoms with E-state index in [1.807, 2.05) is 25.1 Å². The smallest absolute Gasteiger partial charge is 0.414 e. The average Bonchev–Trinajstić information content (AvgIpc) is 2.61. The molecular formula is C19H22FNO5. The number of rotatable bonds is 6. The first-order valence-corrected chi connectivity index (χ1v) is 7.88. The fourth-order valence-corrected chi connectivity index (χ4v) is 2.17. The van der Waals surface area contributed by atoms with Gasteiger partial charge in [-0.2, -0.15) is 0 Å². The second-order valence-electron chi connectivity index (χ2n) is 5.47. The number of nitrogens with one attached hydrogen (secondary N) is 1. The number of aliphatic carboxylic acids is 2. The number of hydrogen-bond donors (Lipinski definition) is 3. The van der Waals surface area contributed by atoms with E-state index in [-0.39, 0.29) is 5.82 Å². The highest BCUT2D eigenvalue weighted by atomic mass is 19.1. The molecule has 0 aromatic heterocycles. The highest BCUT2D eigenvalue weighted by Gasteiger charge is 2.04. The van der Waals surface area contributed by atoms with Crippen molar-refractivity contribution in [1.29, 1.82) is 0 Å². The number of carboxylic acids is 2. The zero-order chi connectivity index (χ0) is 19.5. The molecule has 6 nitrogen and oxygen atoms in total. The molecule has 0 spiro atoms. The van der Waals surface area contributed by atoms with Gasteiger partial charge in [0.25, 0.3) is 0 Å². The van der Waals surface area contributed by atoms with Crippen molar-refractivity contribution in [1.82, 2.24) is 5.32 Å². The van der Waals surface area contributed by atoms with E-state index >= 15 is 0 Å². The molecule has 0 radical (unpaired) electrons. The maximum absolute atomic E-state index is 12.8. The third-order valence-corrected chi connectivity index (χ3v) is 3.48. The summed E-state index contributed by atoms with van der Waals surface area (Å²) < 4.78 is 18.0. The Morgan fingerprint density at radius 2 is 1.62 bits per heavy atom. The molecule has 0 heterocycles. The minimum Gasteiger partial charge on any atom is -0.496 e. The summed E-state index contributed by atoms with van der Waals surface area (Å²) in [5.41, 5.74) is 3.53. The molecule has 0 saturated carbocycles. The Morgan fingerprint density at radius 3 is 2.12 bits per heavy atom. The van der Waals surface area contributed by atoms with Crippen LogP contribution in [0.15, 0.2) is 42.5 Å². The van der Waals surface area contributed by atoms with Gasteiger partial charge in [-0.05, 0) is 54.8 Å². The van der Waals surface area contributed by atoms with E-state index < -0.39 is 11.9 Å². The summed E-state index contributed by atoms with van der Waals surface area (Å²) in [6, 6.07) is 12.8. The molecule has 0 saturated heterocycles. The first-order chi connectivity index (χ1) is 12.3. The van der Waals surface area contributed by atoms with Crippen molar-refractivity contribution in [2.45, 2.75) is 19.9 Å². The summed E-state index contributed by atoms with van der Waals surface area (Å²) >= 11 is 0. The van der Waals surface area contributed by atoms with E-state index in [0.29, 0.717) is 0 Å². The highest BCUT2D eigenvalue weighted by molar-refractivity contribution is 6.27. The molecule has 0 unspecified atom stereocenters. The second-order valence-corrected chi connectivity index (χ2v) is 5.47. The lowest BCUT2D eigenvalue weighted by molar-refractivity contribution is -0.159. The molecule has 2 rings (SSSR count). The van der Waals surface area contributed by atoms with Crippen LogP contribution in [-0.2, 0) is 22.6 Å². The van der Waals surface area contributed by atoms with Crippen molar-refractivity contribution in [3.8, 4) is 5.75 Å². The molecule has 0 aliphatic carbocycles. The molecule has 3 N–H and O–H groups in total. The van der Waals surface area contributed by atoms with Gasteiger partial charge in [-0.25, -0.2) is 14.0 Å². The molecule has 0 aliphatic heterocycles. The number of carboxylic acid groups (broad SMARTS) is 2. The minimum absolute atomic E-state index is 0.185. The number of ether oxygens (including phenoxy) is 1. The lowest BCUT2D eigenvalue weighted by Crippen LogP contribution is -2.16. The fraction of sp³-hybridized carbons (Fsp3) is 0.263. The SMILES string of the molecule is COc1ccc(CNCCc2ccc(F)cc2)cc1C.O=C(O)C(=O)O. The van der Waals surface area contributed by atoms with Crippen LogP contribution in [0.25, 0.3) is 0 Å². The highest BCUT2D eigenvalue weighted by Crippen LogP contribution is 2.18. The van der Waals surface area contributed by atoms with Crippen molar-refractivity contribution < 1.29 is 28.9 Å². The van der Waals surface area contributed by atoms with Crippen molar-refractivity contribution in [3.63, 3.8) is 0 Å². The van der Waals surface area contributed by atoms with Gasteiger partial charge in [-0.15, -0.1) is 0 Å². The van der Waals surface area contributed by atoms with E-state index in [0.717, 1.165) is 36.4 Å². The lowest BCUT2D eigenvalue weighted by Gasteiger charge is -2.09. The third-order valence-electron chi connectivity index (χ3n) is 3.48. The molecule has 7 heteroatoms. The Labute approximate surface area is 151 Å². The van der Waals surface area contributed by atoms with Crippen LogP contribution < -0.4 is 10.1 Å². The number of methoxy groups -OCH3 is 1. The first kappa shape index (κ1) is 21.1. The van der Waals surface area contributed by atoms with Crippen molar-refractivity contribution in [2.75, 3.05) is 13.7 Å². The summed E-state index contributed by atoms with van der Waals surface area (Å²) in [7, 11) is 1.68. The minimum atomic E-state index is -1.82. The van der Waals surface area contributed by atoms with E-state index in [1.165, 1.54) is 17.7 Å². The maximum Gasteiger partial charge on any atom is 0.414 e. The van der Waals surface area contributed by atoms with E-state index in [9.17, 15) is 4.39 Å². The topological polar surface area (TPSA) is 95.9 Å². The predicted molar refractivity (Wildman–Crippen MR) is 94.8 cm³/mol. The summed E-state index contributed by atoms with van der Waals surface area (Å²) in [5.74, 6) is -2.92. The number of halogens is 1. The van der Waals surface area contributed by atoms with Gasteiger partial charge in [0, 0.05) is 6.54 Å². The molecule has 0 aliphatic rings. The summed E-state index contributed by atoms with van der Waals surface area (Å²) in [4.78, 5) is 18.2. The molecule has 2 aromatic carbocycles. The Hall–Kier alpha value is -2.93. The van der Waals surface area contributed by atoms with Crippen LogP contribution >= 0.6 is 0 Å². The molecule has 2 aromatic rings. The van der Waals surface area contributed by atoms with Crippen LogP contribution in [0.2, 0.25) is 0 Å². The molecule has 0 amide bonds. The lowest BCUT2D eigenvalue weighted by atomic mass is 10.1. The van der Waals surface area contributed by atoms with E-state index in [4.69, 9.17) is 24.5 Å². The van der Waals surface area contributed by atoms with Gasteiger partial charge in [-0.3, -0.25) is 0 Å². The van der Waals surface area contributed by atoms with Crippen LogP contribution in [0.5, 0.6) is 5.75 Å². The standard InChI is InChI=1S/C17H20FNO.C2H2O4/c1-13-11-15(5-8-17(13)20-2)12-19-10-9-14-3-6-16(18)7-4-14;3-1(4)2(5)6/h3-8,11,19H,9-10,12H2,1-2H3;(H,3,4)(H,5,6). The van der Waals surface area contributed by atoms with Gasteiger partial charge in [0.05, 0.1) is 7.11 Å². The fourth-order valence-electron chi connectivity index (χ4n) is 2.17. The van der Waals surface area contributed by atoms with Gasteiger partial charge in [0.2, 0.25) is 0 Å². The molecule has 140 valence electrons. The van der Waals surface area contributed by atoms with Gasteiger partial charge >= 0.3 is 11.9 Å². The molecule has 0 fully saturated rings. The van der Waals surface area contributed by atoms with E-state index in [2.05, 4.69) is 17.4 Å². The monoisotopic (exact) mass is 363 g/mol. The van der Waals surface area contributed by atoms with Gasteiger partial charge in [0.15, 0.2) is 0 Å². The number of aryl methyl sites for hydroxylation is 1. The number of benzene rings is 2. The number of carbonyl (C=O) groups is 2. The normalized spacial score (nSPS) is 9.81. The predicted octanol–water partition coefficient (Wildman–Crippen LogP) is 2.63. The van der Waals surface area contributed by atoms with Gasteiger partial charge in [-0.1, -0.05) is 24.3 Å². The van der Waals surface area contributed by atoms with E-state index in [1.54, 1.807) is 7.11 Å². The molecule has 0 bridgehead atoms. The Bertz CT molecular complexity index is 719. The summed E-state index contributed by atoms with van der Waals surface area (Å²) in [6.45, 7) is 3.74. The molecule has 26 heavy (non-hydrogen) atoms. The Morgan fingerprint density at radius 1 is 1.04 bits per heavy atom. The van der Waals surface area contributed by atoms with Gasteiger partial charge in [0.1, 0.15) is 11.6 Å².